The fourth-order valence-corrected chi connectivity index (χ4v) is 3.73. The number of carboxylic acids is 2. The van der Waals surface area contributed by atoms with Crippen LogP contribution in [-0.4, -0.2) is 55.4 Å². The summed E-state index contributed by atoms with van der Waals surface area (Å²) < 4.78 is 1.47. The number of nitrogens with zero attached hydrogens (tertiary/aromatic N) is 2. The van der Waals surface area contributed by atoms with E-state index in [0.717, 1.165) is 6.07 Å². The Kier molecular flexibility index (Phi) is 9.30. The van der Waals surface area contributed by atoms with Gasteiger partial charge in [-0.3, -0.25) is 29.3 Å². The van der Waals surface area contributed by atoms with Gasteiger partial charge in [0.2, 0.25) is 5.91 Å². The quantitative estimate of drug-likeness (QED) is 0.165. The van der Waals surface area contributed by atoms with E-state index in [4.69, 9.17) is 5.11 Å². The summed E-state index contributed by atoms with van der Waals surface area (Å²) in [5, 5.41) is 36.5. The summed E-state index contributed by atoms with van der Waals surface area (Å²) in [5.74, 6) is -4.29. The highest BCUT2D eigenvalue weighted by molar-refractivity contribution is 6.07. The number of hydrogen-bond acceptors (Lipinski definition) is 7. The number of amides is 3. The third kappa shape index (κ3) is 7.98. The number of hydrogen-bond donors (Lipinski definition) is 5. The fraction of sp³-hybridized carbons (Fsp3) is 0.192. The number of nitro groups is 1. The Balaban J connectivity index is 1.63. The van der Waals surface area contributed by atoms with E-state index in [9.17, 15) is 39.2 Å². The number of anilines is 2. The number of nitrogens with one attached hydrogen (secondary N) is 3. The van der Waals surface area contributed by atoms with Crippen molar-refractivity contribution >= 4 is 46.7 Å². The van der Waals surface area contributed by atoms with Gasteiger partial charge >= 0.3 is 11.9 Å². The number of carbonyl (C=O) groups excluding carboxylic acids is 3. The van der Waals surface area contributed by atoms with Crippen LogP contribution in [0, 0.1) is 10.1 Å². The van der Waals surface area contributed by atoms with Crippen LogP contribution in [0.3, 0.4) is 0 Å². The molecular formula is C26H25N5O9. The zero-order valence-electron chi connectivity index (χ0n) is 21.1. The summed E-state index contributed by atoms with van der Waals surface area (Å²) in [7, 11) is 1.59. The van der Waals surface area contributed by atoms with Crippen LogP contribution >= 0.6 is 0 Å². The van der Waals surface area contributed by atoms with Gasteiger partial charge in [-0.2, -0.15) is 0 Å². The van der Waals surface area contributed by atoms with Gasteiger partial charge in [0.25, 0.3) is 17.5 Å². The van der Waals surface area contributed by atoms with Gasteiger partial charge in [-0.05, 0) is 36.2 Å². The van der Waals surface area contributed by atoms with Crippen molar-refractivity contribution in [3.63, 3.8) is 0 Å². The predicted molar refractivity (Wildman–Crippen MR) is 141 cm³/mol. The first kappa shape index (κ1) is 29.0. The molecule has 0 radical (unpaired) electrons. The van der Waals surface area contributed by atoms with Crippen molar-refractivity contribution in [1.82, 2.24) is 9.88 Å². The molecule has 1 aromatic heterocycles. The summed E-state index contributed by atoms with van der Waals surface area (Å²) in [5.41, 5.74) is 1.11. The average Bonchev–Trinajstić information content (AvgIpc) is 3.26. The molecule has 0 aliphatic heterocycles. The molecule has 0 saturated heterocycles. The molecule has 3 aromatic rings. The number of carbonyl (C=O) groups is 5. The standard InChI is InChI=1S/C26H25N5O9/c1-30-14-18(28-24(35)16-5-3-7-19(12-16)31(39)40)13-21(30)25(36)27-17-6-2-4-15(10-17)11-22(32)29-20(26(37)38)8-9-23(33)34/h2-7,10,12-14,20H,8-9,11H2,1H3,(H,27,36)(H,28,35)(H,29,32)(H,33,34)(H,37,38)/t20-/m0/s1. The van der Waals surface area contributed by atoms with Gasteiger partial charge in [0, 0.05) is 43.0 Å². The molecule has 1 heterocycles. The molecular weight excluding hydrogens is 526 g/mol. The lowest BCUT2D eigenvalue weighted by atomic mass is 10.1. The summed E-state index contributed by atoms with van der Waals surface area (Å²) in [6, 6.07) is 11.6. The second-order valence-corrected chi connectivity index (χ2v) is 8.71. The lowest BCUT2D eigenvalue weighted by molar-refractivity contribution is -0.384. The Bertz CT molecular complexity index is 1480. The Labute approximate surface area is 226 Å². The number of non-ortho nitro benzene ring substituents is 1. The molecule has 14 heteroatoms. The van der Waals surface area contributed by atoms with Crippen LogP contribution in [0.5, 0.6) is 0 Å². The van der Waals surface area contributed by atoms with Gasteiger partial charge < -0.3 is 30.7 Å². The number of nitro benzene ring substituents is 1. The molecule has 40 heavy (non-hydrogen) atoms. The summed E-state index contributed by atoms with van der Waals surface area (Å²) >= 11 is 0. The third-order valence-corrected chi connectivity index (χ3v) is 5.64. The molecule has 0 aliphatic carbocycles. The van der Waals surface area contributed by atoms with Gasteiger partial charge in [-0.15, -0.1) is 0 Å². The zero-order valence-corrected chi connectivity index (χ0v) is 21.1. The lowest BCUT2D eigenvalue weighted by Crippen LogP contribution is -2.41. The summed E-state index contributed by atoms with van der Waals surface area (Å²) in [4.78, 5) is 70.1. The van der Waals surface area contributed by atoms with E-state index in [-0.39, 0.29) is 35.5 Å². The van der Waals surface area contributed by atoms with Gasteiger partial charge in [0.15, 0.2) is 0 Å². The Hall–Kier alpha value is -5.53. The first-order valence-electron chi connectivity index (χ1n) is 11.8. The van der Waals surface area contributed by atoms with Crippen molar-refractivity contribution in [2.45, 2.75) is 25.3 Å². The second kappa shape index (κ2) is 12.8. The molecule has 208 valence electrons. The van der Waals surface area contributed by atoms with Crippen molar-refractivity contribution in [3.8, 4) is 0 Å². The van der Waals surface area contributed by atoms with E-state index in [2.05, 4.69) is 16.0 Å². The highest BCUT2D eigenvalue weighted by atomic mass is 16.6. The maximum atomic E-state index is 12.9. The first-order chi connectivity index (χ1) is 18.9. The number of aliphatic carboxylic acids is 2. The highest BCUT2D eigenvalue weighted by Crippen LogP contribution is 2.19. The topological polar surface area (TPSA) is 210 Å². The van der Waals surface area contributed by atoms with E-state index in [1.807, 2.05) is 0 Å². The number of aromatic nitrogens is 1. The molecule has 0 aliphatic rings. The summed E-state index contributed by atoms with van der Waals surface area (Å²) in [6.45, 7) is 0. The van der Waals surface area contributed by atoms with Gasteiger partial charge in [-0.1, -0.05) is 18.2 Å². The van der Waals surface area contributed by atoms with E-state index in [0.29, 0.717) is 11.3 Å². The van der Waals surface area contributed by atoms with Crippen molar-refractivity contribution < 1.29 is 39.1 Å². The van der Waals surface area contributed by atoms with Gasteiger partial charge in [0.05, 0.1) is 17.0 Å². The van der Waals surface area contributed by atoms with Crippen molar-refractivity contribution in [2.75, 3.05) is 10.6 Å². The molecule has 0 fully saturated rings. The maximum absolute atomic E-state index is 12.9. The molecule has 0 unspecified atom stereocenters. The van der Waals surface area contributed by atoms with Crippen LogP contribution in [0.4, 0.5) is 17.1 Å². The molecule has 0 bridgehead atoms. The molecule has 3 amide bonds. The Morgan fingerprint density at radius 3 is 2.33 bits per heavy atom. The van der Waals surface area contributed by atoms with Crippen molar-refractivity contribution in [2.24, 2.45) is 7.05 Å². The van der Waals surface area contributed by atoms with E-state index in [1.54, 1.807) is 25.2 Å². The molecule has 2 aromatic carbocycles. The SMILES string of the molecule is Cn1cc(NC(=O)c2cccc([N+](=O)[O-])c2)cc1C(=O)Nc1cccc(CC(=O)N[C@@H](CCC(=O)O)C(=O)O)c1. The van der Waals surface area contributed by atoms with Crippen LogP contribution < -0.4 is 16.0 Å². The van der Waals surface area contributed by atoms with Crippen LogP contribution in [-0.2, 0) is 27.9 Å². The van der Waals surface area contributed by atoms with Crippen molar-refractivity contribution in [3.05, 3.63) is 87.7 Å². The minimum Gasteiger partial charge on any atom is -0.481 e. The molecule has 0 spiro atoms. The van der Waals surface area contributed by atoms with E-state index >= 15 is 0 Å². The number of rotatable bonds is 12. The number of benzene rings is 2. The average molecular weight is 552 g/mol. The Morgan fingerprint density at radius 1 is 0.950 bits per heavy atom. The molecule has 14 nitrogen and oxygen atoms in total. The maximum Gasteiger partial charge on any atom is 0.326 e. The van der Waals surface area contributed by atoms with Crippen LogP contribution in [0.25, 0.3) is 0 Å². The van der Waals surface area contributed by atoms with Gasteiger partial charge in [0.1, 0.15) is 11.7 Å². The molecule has 3 rings (SSSR count). The largest absolute Gasteiger partial charge is 0.481 e. The van der Waals surface area contributed by atoms with Gasteiger partial charge in [-0.25, -0.2) is 4.79 Å². The monoisotopic (exact) mass is 551 g/mol. The minimum absolute atomic E-state index is 0.0708. The highest BCUT2D eigenvalue weighted by Gasteiger charge is 2.21. The number of aryl methyl sites for hydroxylation is 1. The van der Waals surface area contributed by atoms with E-state index < -0.39 is 47.0 Å². The van der Waals surface area contributed by atoms with Crippen molar-refractivity contribution in [1.29, 1.82) is 0 Å². The van der Waals surface area contributed by atoms with Crippen LogP contribution in [0.2, 0.25) is 0 Å². The number of carboxylic acid groups (broad SMARTS) is 2. The normalized spacial score (nSPS) is 11.2. The molecule has 5 N–H and O–H groups in total. The molecule has 1 atom stereocenters. The minimum atomic E-state index is -1.35. The molecule has 0 saturated carbocycles. The first-order valence-corrected chi connectivity index (χ1v) is 11.8. The summed E-state index contributed by atoms with van der Waals surface area (Å²) in [6.07, 6.45) is 0.599. The van der Waals surface area contributed by atoms with Crippen LogP contribution in [0.15, 0.2) is 60.8 Å². The fourth-order valence-electron chi connectivity index (χ4n) is 3.73. The Morgan fingerprint density at radius 2 is 1.65 bits per heavy atom. The van der Waals surface area contributed by atoms with E-state index in [1.165, 1.54) is 41.1 Å². The smallest absolute Gasteiger partial charge is 0.326 e. The zero-order chi connectivity index (χ0) is 29.4. The second-order valence-electron chi connectivity index (χ2n) is 8.71. The van der Waals surface area contributed by atoms with Crippen LogP contribution in [0.1, 0.15) is 39.3 Å². The third-order valence-electron chi connectivity index (χ3n) is 5.64. The lowest BCUT2D eigenvalue weighted by Gasteiger charge is -2.14. The predicted octanol–water partition coefficient (Wildman–Crippen LogP) is 2.41.